The molecule has 160 valence electrons. The smallest absolute Gasteiger partial charge is 0.271 e. The molecule has 0 aliphatic rings. The molecule has 2 aromatic rings. The average Bonchev–Trinajstić information content (AvgIpc) is 2.67. The van der Waals surface area contributed by atoms with E-state index in [0.717, 1.165) is 0 Å². The van der Waals surface area contributed by atoms with E-state index in [2.05, 4.69) is 20.6 Å². The predicted molar refractivity (Wildman–Crippen MR) is 114 cm³/mol. The van der Waals surface area contributed by atoms with E-state index in [1.54, 1.807) is 38.4 Å². The number of hydrogen-bond donors (Lipinski definition) is 4. The van der Waals surface area contributed by atoms with Crippen LogP contribution in [-0.2, 0) is 4.79 Å². The third kappa shape index (κ3) is 5.90. The van der Waals surface area contributed by atoms with Gasteiger partial charge in [0, 0.05) is 25.3 Å². The van der Waals surface area contributed by atoms with Gasteiger partial charge in [-0.1, -0.05) is 13.8 Å². The first kappa shape index (κ1) is 22.6. The molecular formula is C20H27N7O3. The summed E-state index contributed by atoms with van der Waals surface area (Å²) in [5.74, 6) is -0.787. The summed E-state index contributed by atoms with van der Waals surface area (Å²) < 4.78 is 0. The molecule has 1 aromatic heterocycles. The van der Waals surface area contributed by atoms with Gasteiger partial charge in [-0.25, -0.2) is 9.97 Å². The summed E-state index contributed by atoms with van der Waals surface area (Å²) in [6.07, 6.45) is 1.83. The number of primary amides is 2. The lowest BCUT2D eigenvalue weighted by atomic mass is 10.0. The van der Waals surface area contributed by atoms with Crippen LogP contribution in [-0.4, -0.2) is 52.7 Å². The summed E-state index contributed by atoms with van der Waals surface area (Å²) in [4.78, 5) is 45.3. The van der Waals surface area contributed by atoms with Gasteiger partial charge in [0.1, 0.15) is 11.9 Å². The molecule has 1 heterocycles. The Morgan fingerprint density at radius 3 is 2.23 bits per heavy atom. The Labute approximate surface area is 175 Å². The Morgan fingerprint density at radius 1 is 1.10 bits per heavy atom. The van der Waals surface area contributed by atoms with E-state index < -0.39 is 17.9 Å². The van der Waals surface area contributed by atoms with E-state index in [0.29, 0.717) is 17.7 Å². The number of aromatic nitrogens is 2. The van der Waals surface area contributed by atoms with Crippen molar-refractivity contribution in [2.24, 2.45) is 17.4 Å². The second kappa shape index (κ2) is 9.68. The van der Waals surface area contributed by atoms with Crippen molar-refractivity contribution in [3.05, 3.63) is 41.7 Å². The van der Waals surface area contributed by atoms with Crippen molar-refractivity contribution in [2.75, 3.05) is 24.7 Å². The third-order valence-electron chi connectivity index (χ3n) is 4.18. The fourth-order valence-corrected chi connectivity index (χ4v) is 2.71. The first-order valence-electron chi connectivity index (χ1n) is 9.40. The van der Waals surface area contributed by atoms with Crippen molar-refractivity contribution in [1.82, 2.24) is 14.9 Å². The van der Waals surface area contributed by atoms with E-state index >= 15 is 0 Å². The van der Waals surface area contributed by atoms with Gasteiger partial charge in [-0.15, -0.1) is 0 Å². The Bertz CT molecular complexity index is 926. The first-order valence-corrected chi connectivity index (χ1v) is 9.40. The Morgan fingerprint density at radius 2 is 1.73 bits per heavy atom. The van der Waals surface area contributed by atoms with Crippen molar-refractivity contribution >= 4 is 35.0 Å². The molecule has 0 aliphatic carbocycles. The SMILES string of the molecule is CC(C)CC(Nc1cnc(C(N)=O)c(Nc2ccc(C(=O)N(C)C)cc2)n1)C(N)=O. The monoisotopic (exact) mass is 413 g/mol. The van der Waals surface area contributed by atoms with Crippen LogP contribution in [0.3, 0.4) is 0 Å². The van der Waals surface area contributed by atoms with Crippen LogP contribution in [0.15, 0.2) is 30.5 Å². The zero-order valence-electron chi connectivity index (χ0n) is 17.5. The van der Waals surface area contributed by atoms with Crippen LogP contribution < -0.4 is 22.1 Å². The average molecular weight is 413 g/mol. The van der Waals surface area contributed by atoms with Crippen molar-refractivity contribution in [2.45, 2.75) is 26.3 Å². The van der Waals surface area contributed by atoms with Crippen molar-refractivity contribution < 1.29 is 14.4 Å². The quantitative estimate of drug-likeness (QED) is 0.483. The summed E-state index contributed by atoms with van der Waals surface area (Å²) in [5.41, 5.74) is 11.9. The summed E-state index contributed by atoms with van der Waals surface area (Å²) in [6, 6.07) is 6.01. The molecule has 3 amide bonds. The highest BCUT2D eigenvalue weighted by Crippen LogP contribution is 2.21. The maximum absolute atomic E-state index is 12.0. The summed E-state index contributed by atoms with van der Waals surface area (Å²) in [6.45, 7) is 3.94. The van der Waals surface area contributed by atoms with Gasteiger partial charge >= 0.3 is 0 Å². The normalized spacial score (nSPS) is 11.6. The van der Waals surface area contributed by atoms with Crippen molar-refractivity contribution in [3.8, 4) is 0 Å². The van der Waals surface area contributed by atoms with Crippen molar-refractivity contribution in [3.63, 3.8) is 0 Å². The van der Waals surface area contributed by atoms with Gasteiger partial charge in [0.05, 0.1) is 6.20 Å². The van der Waals surface area contributed by atoms with Crippen LogP contribution in [0, 0.1) is 5.92 Å². The number of rotatable bonds is 9. The molecule has 1 atom stereocenters. The molecule has 1 aromatic carbocycles. The number of benzene rings is 1. The molecule has 0 saturated heterocycles. The van der Waals surface area contributed by atoms with Crippen LogP contribution >= 0.6 is 0 Å². The number of carbonyl (C=O) groups excluding carboxylic acids is 3. The molecular weight excluding hydrogens is 386 g/mol. The highest BCUT2D eigenvalue weighted by atomic mass is 16.2. The predicted octanol–water partition coefficient (Wildman–Crippen LogP) is 1.33. The highest BCUT2D eigenvalue weighted by molar-refractivity contribution is 5.97. The van der Waals surface area contributed by atoms with E-state index in [4.69, 9.17) is 11.5 Å². The van der Waals surface area contributed by atoms with E-state index in [1.165, 1.54) is 11.1 Å². The summed E-state index contributed by atoms with van der Waals surface area (Å²) in [5, 5.41) is 5.93. The molecule has 10 heteroatoms. The molecule has 30 heavy (non-hydrogen) atoms. The highest BCUT2D eigenvalue weighted by Gasteiger charge is 2.19. The molecule has 1 unspecified atom stereocenters. The fraction of sp³-hybridized carbons (Fsp3) is 0.350. The zero-order valence-corrected chi connectivity index (χ0v) is 17.5. The number of amides is 3. The first-order chi connectivity index (χ1) is 14.1. The summed E-state index contributed by atoms with van der Waals surface area (Å²) in [7, 11) is 3.33. The molecule has 10 nitrogen and oxygen atoms in total. The van der Waals surface area contributed by atoms with E-state index in [9.17, 15) is 14.4 Å². The zero-order chi connectivity index (χ0) is 22.4. The van der Waals surface area contributed by atoms with E-state index in [-0.39, 0.29) is 29.2 Å². The third-order valence-corrected chi connectivity index (χ3v) is 4.18. The lowest BCUT2D eigenvalue weighted by Gasteiger charge is -2.19. The minimum atomic E-state index is -0.760. The van der Waals surface area contributed by atoms with Gasteiger partial charge in [0.15, 0.2) is 11.5 Å². The Balaban J connectivity index is 2.29. The Kier molecular flexibility index (Phi) is 7.29. The maximum Gasteiger partial charge on any atom is 0.271 e. The molecule has 0 radical (unpaired) electrons. The van der Waals surface area contributed by atoms with Gasteiger partial charge in [-0.05, 0) is 36.6 Å². The lowest BCUT2D eigenvalue weighted by molar-refractivity contribution is -0.119. The van der Waals surface area contributed by atoms with Crippen molar-refractivity contribution in [1.29, 1.82) is 0 Å². The minimum absolute atomic E-state index is 0.0616. The number of carbonyl (C=O) groups is 3. The van der Waals surface area contributed by atoms with Gasteiger partial charge in [0.25, 0.3) is 11.8 Å². The van der Waals surface area contributed by atoms with Crippen LogP contribution in [0.5, 0.6) is 0 Å². The van der Waals surface area contributed by atoms with Gasteiger partial charge in [0.2, 0.25) is 5.91 Å². The standard InChI is InChI=1S/C20H27N7O3/c1-11(2)9-14(17(21)28)25-15-10-23-16(18(22)29)19(26-15)24-13-7-5-12(6-8-13)20(30)27(3)4/h5-8,10-11,14H,9H2,1-4H3,(H2,21,28)(H2,22,29)(H2,24,25,26). The van der Waals surface area contributed by atoms with E-state index in [1.807, 2.05) is 13.8 Å². The van der Waals surface area contributed by atoms with Gasteiger partial charge < -0.3 is 27.0 Å². The maximum atomic E-state index is 12.0. The summed E-state index contributed by atoms with van der Waals surface area (Å²) >= 11 is 0. The van der Waals surface area contributed by atoms with Crippen LogP contribution in [0.2, 0.25) is 0 Å². The number of anilines is 3. The van der Waals surface area contributed by atoms with Crippen LogP contribution in [0.4, 0.5) is 17.3 Å². The molecule has 0 bridgehead atoms. The largest absolute Gasteiger partial charge is 0.368 e. The Hall–Kier alpha value is -3.69. The fourth-order valence-electron chi connectivity index (χ4n) is 2.71. The number of nitrogens with zero attached hydrogens (tertiary/aromatic N) is 3. The molecule has 6 N–H and O–H groups in total. The second-order valence-electron chi connectivity index (χ2n) is 7.45. The number of nitrogens with one attached hydrogen (secondary N) is 2. The molecule has 0 saturated carbocycles. The molecule has 0 spiro atoms. The molecule has 0 aliphatic heterocycles. The number of nitrogens with two attached hydrogens (primary N) is 2. The van der Waals surface area contributed by atoms with Crippen LogP contribution in [0.25, 0.3) is 0 Å². The topological polar surface area (TPSA) is 156 Å². The lowest BCUT2D eigenvalue weighted by Crippen LogP contribution is -2.37. The molecule has 2 rings (SSSR count). The number of hydrogen-bond acceptors (Lipinski definition) is 7. The van der Waals surface area contributed by atoms with Gasteiger partial charge in [-0.3, -0.25) is 14.4 Å². The minimum Gasteiger partial charge on any atom is -0.368 e. The second-order valence-corrected chi connectivity index (χ2v) is 7.45. The van der Waals surface area contributed by atoms with Crippen LogP contribution in [0.1, 0.15) is 41.1 Å². The molecule has 0 fully saturated rings. The van der Waals surface area contributed by atoms with Gasteiger partial charge in [-0.2, -0.15) is 0 Å².